The van der Waals surface area contributed by atoms with Crippen molar-refractivity contribution < 1.29 is 2.85 Å². The monoisotopic (exact) mass is 124 g/mol. The van der Waals surface area contributed by atoms with Crippen molar-refractivity contribution in [3.05, 3.63) is 24.3 Å². The van der Waals surface area contributed by atoms with Crippen molar-refractivity contribution in [2.24, 2.45) is 0 Å². The Bertz CT molecular complexity index is 204. The van der Waals surface area contributed by atoms with Crippen molar-refractivity contribution in [3.63, 3.8) is 0 Å². The van der Waals surface area contributed by atoms with Crippen LogP contribution in [0.25, 0.3) is 0 Å². The second-order valence-electron chi connectivity index (χ2n) is 2.08. The topological polar surface area (TPSA) is 24.1 Å². The first-order valence-corrected chi connectivity index (χ1v) is 3.03. The highest BCUT2D eigenvalue weighted by Crippen LogP contribution is 2.23. The first kappa shape index (κ1) is 4.68. The SMILES string of the molecule is [HH].[HH].c1ccc2c(c1)NCN2. The van der Waals surface area contributed by atoms with E-state index in [0.717, 1.165) is 6.67 Å². The van der Waals surface area contributed by atoms with E-state index < -0.39 is 0 Å². The molecular weight excluding hydrogens is 112 g/mol. The maximum Gasteiger partial charge on any atom is 0.0850 e. The van der Waals surface area contributed by atoms with Gasteiger partial charge in [0.25, 0.3) is 0 Å². The molecule has 2 heteroatoms. The lowest BCUT2D eigenvalue weighted by Crippen LogP contribution is -1.98. The summed E-state index contributed by atoms with van der Waals surface area (Å²) in [6.45, 7) is 0.860. The van der Waals surface area contributed by atoms with E-state index in [1.807, 2.05) is 12.1 Å². The van der Waals surface area contributed by atoms with E-state index in [-0.39, 0.29) is 2.85 Å². The maximum absolute atomic E-state index is 3.19. The van der Waals surface area contributed by atoms with Crippen molar-refractivity contribution >= 4 is 11.4 Å². The summed E-state index contributed by atoms with van der Waals surface area (Å²) in [4.78, 5) is 0. The summed E-state index contributed by atoms with van der Waals surface area (Å²) in [6.07, 6.45) is 0. The van der Waals surface area contributed by atoms with E-state index in [1.54, 1.807) is 0 Å². The van der Waals surface area contributed by atoms with Gasteiger partial charge in [0.15, 0.2) is 0 Å². The fourth-order valence-electron chi connectivity index (χ4n) is 1.03. The number of fused-ring (bicyclic) bond motifs is 1. The van der Waals surface area contributed by atoms with E-state index >= 15 is 0 Å². The second kappa shape index (κ2) is 1.65. The molecule has 1 aromatic carbocycles. The minimum absolute atomic E-state index is 0. The molecule has 0 radical (unpaired) electrons. The van der Waals surface area contributed by atoms with Crippen LogP contribution in [0.15, 0.2) is 24.3 Å². The van der Waals surface area contributed by atoms with Gasteiger partial charge in [-0.25, -0.2) is 0 Å². The molecule has 1 heterocycles. The molecule has 0 saturated carbocycles. The average Bonchev–Trinajstić information content (AvgIpc) is 2.33. The molecule has 0 aliphatic carbocycles. The Morgan fingerprint density at radius 2 is 1.67 bits per heavy atom. The normalized spacial score (nSPS) is 13.8. The number of hydrogen-bond donors (Lipinski definition) is 2. The highest BCUT2D eigenvalue weighted by molar-refractivity contribution is 5.72. The molecule has 0 aromatic heterocycles. The molecule has 0 spiro atoms. The molecule has 0 fully saturated rings. The average molecular weight is 124 g/mol. The lowest BCUT2D eigenvalue weighted by atomic mass is 10.3. The summed E-state index contributed by atoms with van der Waals surface area (Å²) >= 11 is 0. The van der Waals surface area contributed by atoms with Crippen LogP contribution in [0.2, 0.25) is 0 Å². The Labute approximate surface area is 56.9 Å². The van der Waals surface area contributed by atoms with Gasteiger partial charge in [-0.2, -0.15) is 0 Å². The number of anilines is 2. The molecule has 0 bridgehead atoms. The summed E-state index contributed by atoms with van der Waals surface area (Å²) in [6, 6.07) is 8.18. The second-order valence-corrected chi connectivity index (χ2v) is 2.08. The van der Waals surface area contributed by atoms with Crippen LogP contribution in [0, 0.1) is 0 Å². The zero-order valence-corrected chi connectivity index (χ0v) is 5.02. The van der Waals surface area contributed by atoms with Gasteiger partial charge in [-0.05, 0) is 12.1 Å². The minimum atomic E-state index is 0. The van der Waals surface area contributed by atoms with Crippen molar-refractivity contribution in [2.75, 3.05) is 17.3 Å². The smallest absolute Gasteiger partial charge is 0.0850 e. The van der Waals surface area contributed by atoms with Gasteiger partial charge in [-0.1, -0.05) is 12.1 Å². The third-order valence-corrected chi connectivity index (χ3v) is 1.48. The van der Waals surface area contributed by atoms with Crippen LogP contribution in [0.5, 0.6) is 0 Å². The third kappa shape index (κ3) is 0.633. The molecule has 0 atom stereocenters. The highest BCUT2D eigenvalue weighted by atomic mass is 15.1. The number of nitrogens with one attached hydrogen (secondary N) is 2. The standard InChI is InChI=1S/C7H8N2.2H2/c1-2-4-7-6(3-1)8-5-9-7;;/h1-4,8-9H,5H2;2*1H. The number of para-hydroxylation sites is 2. The summed E-state index contributed by atoms with van der Waals surface area (Å²) in [5.74, 6) is 0. The molecule has 0 saturated heterocycles. The summed E-state index contributed by atoms with van der Waals surface area (Å²) in [5.41, 5.74) is 2.41. The number of benzene rings is 1. The van der Waals surface area contributed by atoms with Crippen LogP contribution in [0.1, 0.15) is 2.85 Å². The van der Waals surface area contributed by atoms with E-state index in [1.165, 1.54) is 11.4 Å². The first-order chi connectivity index (χ1) is 4.47. The Kier molecular flexibility index (Phi) is 0.859. The van der Waals surface area contributed by atoms with Crippen LogP contribution in [-0.4, -0.2) is 6.67 Å². The van der Waals surface area contributed by atoms with E-state index in [0.29, 0.717) is 0 Å². The zero-order valence-electron chi connectivity index (χ0n) is 5.02. The molecule has 2 N–H and O–H groups in total. The lowest BCUT2D eigenvalue weighted by Gasteiger charge is -1.93. The van der Waals surface area contributed by atoms with Gasteiger partial charge in [0.1, 0.15) is 0 Å². The molecule has 1 aliphatic heterocycles. The predicted octanol–water partition coefficient (Wildman–Crippen LogP) is 1.97. The summed E-state index contributed by atoms with van der Waals surface area (Å²) in [7, 11) is 0. The van der Waals surface area contributed by atoms with Crippen molar-refractivity contribution in [1.29, 1.82) is 0 Å². The van der Waals surface area contributed by atoms with E-state index in [4.69, 9.17) is 0 Å². The molecule has 9 heavy (non-hydrogen) atoms. The summed E-state index contributed by atoms with van der Waals surface area (Å²) in [5, 5.41) is 6.38. The summed E-state index contributed by atoms with van der Waals surface area (Å²) < 4.78 is 0. The molecule has 1 aromatic rings. The minimum Gasteiger partial charge on any atom is -0.366 e. The van der Waals surface area contributed by atoms with Gasteiger partial charge >= 0.3 is 0 Å². The van der Waals surface area contributed by atoms with Crippen LogP contribution in [0.3, 0.4) is 0 Å². The molecule has 2 rings (SSSR count). The van der Waals surface area contributed by atoms with Crippen LogP contribution < -0.4 is 10.6 Å². The quantitative estimate of drug-likeness (QED) is 0.552. The van der Waals surface area contributed by atoms with Gasteiger partial charge in [0.05, 0.1) is 18.0 Å². The van der Waals surface area contributed by atoms with E-state index in [2.05, 4.69) is 22.8 Å². The molecule has 2 nitrogen and oxygen atoms in total. The lowest BCUT2D eigenvalue weighted by molar-refractivity contribution is 1.31. The molecule has 0 unspecified atom stereocenters. The van der Waals surface area contributed by atoms with Crippen LogP contribution in [-0.2, 0) is 0 Å². The first-order valence-electron chi connectivity index (χ1n) is 3.03. The number of rotatable bonds is 0. The van der Waals surface area contributed by atoms with Gasteiger partial charge in [0.2, 0.25) is 0 Å². The predicted molar refractivity (Wildman–Crippen MR) is 42.8 cm³/mol. The zero-order chi connectivity index (χ0) is 6.10. The Hall–Kier alpha value is -1.18. The molecular formula is C7H12N2. The van der Waals surface area contributed by atoms with Gasteiger partial charge in [-0.15, -0.1) is 0 Å². The molecule has 0 amide bonds. The fourth-order valence-corrected chi connectivity index (χ4v) is 1.03. The van der Waals surface area contributed by atoms with Crippen LogP contribution >= 0.6 is 0 Å². The van der Waals surface area contributed by atoms with Crippen molar-refractivity contribution in [2.45, 2.75) is 0 Å². The van der Waals surface area contributed by atoms with Gasteiger partial charge in [0, 0.05) is 2.85 Å². The van der Waals surface area contributed by atoms with Gasteiger partial charge in [-0.3, -0.25) is 0 Å². The number of hydrogen-bond acceptors (Lipinski definition) is 2. The maximum atomic E-state index is 3.19. The van der Waals surface area contributed by atoms with E-state index in [9.17, 15) is 0 Å². The fraction of sp³-hybridized carbons (Fsp3) is 0.143. The highest BCUT2D eigenvalue weighted by Gasteiger charge is 2.04. The Balaban J connectivity index is 0.000000500. The van der Waals surface area contributed by atoms with Crippen LogP contribution in [0.4, 0.5) is 11.4 Å². The van der Waals surface area contributed by atoms with Gasteiger partial charge < -0.3 is 10.6 Å². The third-order valence-electron chi connectivity index (χ3n) is 1.48. The molecule has 1 aliphatic rings. The molecule has 50 valence electrons. The Morgan fingerprint density at radius 1 is 1.11 bits per heavy atom. The van der Waals surface area contributed by atoms with Crippen molar-refractivity contribution in [3.8, 4) is 0 Å². The van der Waals surface area contributed by atoms with Crippen molar-refractivity contribution in [1.82, 2.24) is 0 Å². The largest absolute Gasteiger partial charge is 0.366 e. The Morgan fingerprint density at radius 3 is 2.22 bits per heavy atom.